The average molecular weight is 324 g/mol. The van der Waals surface area contributed by atoms with E-state index < -0.39 is 5.41 Å². The highest BCUT2D eigenvalue weighted by Crippen LogP contribution is 2.41. The number of halogens is 1. The minimum absolute atomic E-state index is 0.0681. The molecule has 0 spiro atoms. The van der Waals surface area contributed by atoms with Crippen LogP contribution < -0.4 is 5.48 Å². The topological polar surface area (TPSA) is 47.6 Å². The standard InChI is InChI=1S/C17H22ClNO3/c18-14-8-6-13(7-9-14)17(10-2-3-11-17)16(20)19-22-15-5-1-4-12-21-15/h6-9,15H,1-5,10-12H2,(H,19,20). The first-order chi connectivity index (χ1) is 10.7. The van der Waals surface area contributed by atoms with Gasteiger partial charge in [-0.2, -0.15) is 0 Å². The molecule has 1 aliphatic carbocycles. The largest absolute Gasteiger partial charge is 0.350 e. The Morgan fingerprint density at radius 1 is 1.18 bits per heavy atom. The predicted molar refractivity (Wildman–Crippen MR) is 84.4 cm³/mol. The van der Waals surface area contributed by atoms with E-state index in [9.17, 15) is 4.79 Å². The number of rotatable bonds is 4. The quantitative estimate of drug-likeness (QED) is 0.859. The first-order valence-electron chi connectivity index (χ1n) is 8.04. The molecule has 1 N–H and O–H groups in total. The molecule has 1 aliphatic heterocycles. The van der Waals surface area contributed by atoms with Crippen LogP contribution in [0.2, 0.25) is 5.02 Å². The maximum atomic E-state index is 12.8. The zero-order chi connectivity index (χ0) is 15.4. The molecule has 5 heteroatoms. The minimum atomic E-state index is -0.501. The van der Waals surface area contributed by atoms with Crippen molar-refractivity contribution >= 4 is 17.5 Å². The van der Waals surface area contributed by atoms with E-state index >= 15 is 0 Å². The lowest BCUT2D eigenvalue weighted by Gasteiger charge is -2.30. The molecule has 1 amide bonds. The second-order valence-corrected chi connectivity index (χ2v) is 6.58. The molecule has 1 heterocycles. The normalized spacial score (nSPS) is 24.1. The van der Waals surface area contributed by atoms with E-state index in [1.165, 1.54) is 0 Å². The van der Waals surface area contributed by atoms with Crippen LogP contribution >= 0.6 is 11.6 Å². The molecule has 1 unspecified atom stereocenters. The van der Waals surface area contributed by atoms with Crippen LogP contribution in [0, 0.1) is 0 Å². The summed E-state index contributed by atoms with van der Waals surface area (Å²) in [5, 5.41) is 0.684. The van der Waals surface area contributed by atoms with Crippen LogP contribution in [0.15, 0.2) is 24.3 Å². The Hall–Kier alpha value is -1.10. The van der Waals surface area contributed by atoms with E-state index in [1.807, 2.05) is 24.3 Å². The zero-order valence-electron chi connectivity index (χ0n) is 12.6. The number of hydrogen-bond acceptors (Lipinski definition) is 3. The molecule has 120 valence electrons. The summed E-state index contributed by atoms with van der Waals surface area (Å²) in [5.74, 6) is -0.0681. The molecule has 4 nitrogen and oxygen atoms in total. The van der Waals surface area contributed by atoms with E-state index in [0.717, 1.165) is 50.5 Å². The summed E-state index contributed by atoms with van der Waals surface area (Å²) in [6.07, 6.45) is 6.43. The number of benzene rings is 1. The molecule has 1 atom stereocenters. The minimum Gasteiger partial charge on any atom is -0.350 e. The fraction of sp³-hybridized carbons (Fsp3) is 0.588. The van der Waals surface area contributed by atoms with Gasteiger partial charge in [-0.1, -0.05) is 36.6 Å². The van der Waals surface area contributed by atoms with Gasteiger partial charge in [0.1, 0.15) is 0 Å². The highest BCUT2D eigenvalue weighted by Gasteiger charge is 2.43. The lowest BCUT2D eigenvalue weighted by atomic mass is 9.78. The molecule has 3 rings (SSSR count). The maximum Gasteiger partial charge on any atom is 0.254 e. The van der Waals surface area contributed by atoms with Crippen molar-refractivity contribution in [2.24, 2.45) is 0 Å². The van der Waals surface area contributed by atoms with E-state index in [-0.39, 0.29) is 12.2 Å². The number of carbonyl (C=O) groups is 1. The Kier molecular flexibility index (Phi) is 5.01. The van der Waals surface area contributed by atoms with Gasteiger partial charge in [0.25, 0.3) is 5.91 Å². The van der Waals surface area contributed by atoms with Crippen LogP contribution in [0.3, 0.4) is 0 Å². The second kappa shape index (κ2) is 6.99. The SMILES string of the molecule is O=C(NOC1CCCCO1)C1(c2ccc(Cl)cc2)CCCC1. The summed E-state index contributed by atoms with van der Waals surface area (Å²) in [6.45, 7) is 0.697. The molecule has 1 saturated carbocycles. The fourth-order valence-electron chi connectivity index (χ4n) is 3.42. The van der Waals surface area contributed by atoms with Gasteiger partial charge in [0.05, 0.1) is 5.41 Å². The molecule has 1 aromatic rings. The van der Waals surface area contributed by atoms with Crippen molar-refractivity contribution in [3.05, 3.63) is 34.9 Å². The van der Waals surface area contributed by atoms with Gasteiger partial charge in [-0.3, -0.25) is 4.79 Å². The Morgan fingerprint density at radius 3 is 2.55 bits per heavy atom. The third kappa shape index (κ3) is 3.29. The van der Waals surface area contributed by atoms with Crippen LogP contribution in [0.1, 0.15) is 50.5 Å². The fourth-order valence-corrected chi connectivity index (χ4v) is 3.54. The highest BCUT2D eigenvalue weighted by molar-refractivity contribution is 6.30. The van der Waals surface area contributed by atoms with Crippen molar-refractivity contribution in [1.29, 1.82) is 0 Å². The molecule has 2 aliphatic rings. The summed E-state index contributed by atoms with van der Waals surface area (Å²) >= 11 is 5.96. The monoisotopic (exact) mass is 323 g/mol. The smallest absolute Gasteiger partial charge is 0.254 e. The van der Waals surface area contributed by atoms with E-state index in [4.69, 9.17) is 21.2 Å². The van der Waals surface area contributed by atoms with E-state index in [2.05, 4.69) is 5.48 Å². The Bertz CT molecular complexity index is 505. The van der Waals surface area contributed by atoms with Crippen molar-refractivity contribution in [3.8, 4) is 0 Å². The highest BCUT2D eigenvalue weighted by atomic mass is 35.5. The molecule has 0 radical (unpaired) electrons. The van der Waals surface area contributed by atoms with Crippen molar-refractivity contribution in [2.45, 2.75) is 56.7 Å². The Morgan fingerprint density at radius 2 is 1.91 bits per heavy atom. The van der Waals surface area contributed by atoms with Crippen molar-refractivity contribution in [1.82, 2.24) is 5.48 Å². The van der Waals surface area contributed by atoms with Gasteiger partial charge < -0.3 is 4.74 Å². The van der Waals surface area contributed by atoms with Gasteiger partial charge in [-0.25, -0.2) is 10.3 Å². The number of hydrogen-bond donors (Lipinski definition) is 1. The maximum absolute atomic E-state index is 12.8. The Labute approximate surface area is 136 Å². The van der Waals surface area contributed by atoms with E-state index in [1.54, 1.807) is 0 Å². The molecule has 1 saturated heterocycles. The van der Waals surface area contributed by atoms with Crippen molar-refractivity contribution < 1.29 is 14.4 Å². The van der Waals surface area contributed by atoms with Gasteiger partial charge in [-0.05, 0) is 43.4 Å². The van der Waals surface area contributed by atoms with Crippen LogP contribution in [0.4, 0.5) is 0 Å². The number of carbonyl (C=O) groups excluding carboxylic acids is 1. The summed E-state index contributed by atoms with van der Waals surface area (Å²) in [7, 11) is 0. The number of nitrogens with one attached hydrogen (secondary N) is 1. The van der Waals surface area contributed by atoms with Crippen molar-refractivity contribution in [2.75, 3.05) is 6.61 Å². The first kappa shape index (κ1) is 15.8. The number of hydroxylamine groups is 1. The van der Waals surface area contributed by atoms with Gasteiger partial charge in [-0.15, -0.1) is 0 Å². The molecule has 2 fully saturated rings. The lowest BCUT2D eigenvalue weighted by Crippen LogP contribution is -2.44. The van der Waals surface area contributed by atoms with Gasteiger partial charge in [0, 0.05) is 18.1 Å². The van der Waals surface area contributed by atoms with Gasteiger partial charge in [0.2, 0.25) is 0 Å². The third-order valence-electron chi connectivity index (χ3n) is 4.71. The third-order valence-corrected chi connectivity index (χ3v) is 4.96. The Balaban J connectivity index is 1.69. The summed E-state index contributed by atoms with van der Waals surface area (Å²) in [6, 6.07) is 7.58. The lowest BCUT2D eigenvalue weighted by molar-refractivity contribution is -0.202. The molecule has 0 aromatic heterocycles. The van der Waals surface area contributed by atoms with Crippen LogP contribution in [-0.2, 0) is 19.8 Å². The average Bonchev–Trinajstić information content (AvgIpc) is 3.05. The molecule has 1 aromatic carbocycles. The number of amides is 1. The van der Waals surface area contributed by atoms with Gasteiger partial charge in [0.15, 0.2) is 6.29 Å². The zero-order valence-corrected chi connectivity index (χ0v) is 13.4. The summed E-state index contributed by atoms with van der Waals surface area (Å²) in [5.41, 5.74) is 3.16. The molecular formula is C17H22ClNO3. The van der Waals surface area contributed by atoms with Gasteiger partial charge >= 0.3 is 0 Å². The van der Waals surface area contributed by atoms with Crippen LogP contribution in [0.25, 0.3) is 0 Å². The van der Waals surface area contributed by atoms with Crippen LogP contribution in [0.5, 0.6) is 0 Å². The second-order valence-electron chi connectivity index (χ2n) is 6.14. The van der Waals surface area contributed by atoms with Crippen LogP contribution in [-0.4, -0.2) is 18.8 Å². The van der Waals surface area contributed by atoms with Crippen molar-refractivity contribution in [3.63, 3.8) is 0 Å². The number of ether oxygens (including phenoxy) is 1. The molecular weight excluding hydrogens is 302 g/mol. The van der Waals surface area contributed by atoms with E-state index in [0.29, 0.717) is 11.6 Å². The summed E-state index contributed by atoms with van der Waals surface area (Å²) in [4.78, 5) is 18.3. The first-order valence-corrected chi connectivity index (χ1v) is 8.42. The molecule has 0 bridgehead atoms. The summed E-state index contributed by atoms with van der Waals surface area (Å²) < 4.78 is 5.49. The molecule has 22 heavy (non-hydrogen) atoms. The predicted octanol–water partition coefficient (Wildman–Crippen LogP) is 3.73.